The third-order valence-electron chi connectivity index (χ3n) is 9.35. The van der Waals surface area contributed by atoms with Gasteiger partial charge in [0.2, 0.25) is 5.91 Å². The Morgan fingerprint density at radius 3 is 2.70 bits per heavy atom. The van der Waals surface area contributed by atoms with Gasteiger partial charge in [-0.2, -0.15) is 0 Å². The van der Waals surface area contributed by atoms with E-state index in [1.165, 1.54) is 18.5 Å². The van der Waals surface area contributed by atoms with Crippen LogP contribution in [0, 0.1) is 5.82 Å². The molecule has 0 unspecified atom stereocenters. The molecule has 46 heavy (non-hydrogen) atoms. The van der Waals surface area contributed by atoms with Crippen molar-refractivity contribution < 1.29 is 23.5 Å². The number of methoxy groups -OCH3 is 1. The molecule has 4 aliphatic rings. The first kappa shape index (κ1) is 30.7. The van der Waals surface area contributed by atoms with Gasteiger partial charge in [0.1, 0.15) is 23.7 Å². The van der Waals surface area contributed by atoms with Gasteiger partial charge >= 0.3 is 0 Å². The molecule has 4 aliphatic heterocycles. The molecule has 4 saturated heterocycles. The van der Waals surface area contributed by atoms with Crippen LogP contribution in [0.15, 0.2) is 55.4 Å². The van der Waals surface area contributed by atoms with Gasteiger partial charge in [-0.25, -0.2) is 19.4 Å². The largest absolute Gasteiger partial charge is 0.494 e. The molecule has 0 spiro atoms. The van der Waals surface area contributed by atoms with Gasteiger partial charge < -0.3 is 25.0 Å². The average Bonchev–Trinajstić information content (AvgIpc) is 3.85. The number of rotatable bonds is 9. The number of halogens is 2. The van der Waals surface area contributed by atoms with Crippen LogP contribution in [-0.4, -0.2) is 78.9 Å². The molecule has 0 radical (unpaired) electrons. The number of aromatic nitrogens is 2. The van der Waals surface area contributed by atoms with E-state index in [-0.39, 0.29) is 17.0 Å². The average molecular weight is 650 g/mol. The van der Waals surface area contributed by atoms with E-state index in [0.29, 0.717) is 60.0 Å². The number of hydrogen-bond acceptors (Lipinski definition) is 10. The summed E-state index contributed by atoms with van der Waals surface area (Å²) in [5.41, 5.74) is 2.97. The summed E-state index contributed by atoms with van der Waals surface area (Å²) in [5, 5.41) is 8.08. The fourth-order valence-electron chi connectivity index (χ4n) is 7.09. The Bertz CT molecular complexity index is 1620. The summed E-state index contributed by atoms with van der Waals surface area (Å²) in [6, 6.07) is 11.1. The number of carbonyl (C=O) groups excluding carboxylic acids is 1. The van der Waals surface area contributed by atoms with Crippen LogP contribution in [0.1, 0.15) is 37.3 Å². The number of nitrogens with zero attached hydrogens (tertiary/aromatic N) is 5. The molecule has 242 valence electrons. The van der Waals surface area contributed by atoms with Gasteiger partial charge in [-0.05, 0) is 49.1 Å². The number of likely N-dealkylation sites (tertiary alicyclic amines) is 1. The van der Waals surface area contributed by atoms with Crippen molar-refractivity contribution in [2.45, 2.75) is 49.9 Å². The molecular weight excluding hydrogens is 613 g/mol. The summed E-state index contributed by atoms with van der Waals surface area (Å²) in [4.78, 5) is 32.3. The second kappa shape index (κ2) is 13.0. The van der Waals surface area contributed by atoms with Gasteiger partial charge in [0.05, 0.1) is 54.6 Å². The Labute approximate surface area is 272 Å². The maximum absolute atomic E-state index is 13.8. The zero-order chi connectivity index (χ0) is 31.8. The van der Waals surface area contributed by atoms with E-state index >= 15 is 0 Å². The van der Waals surface area contributed by atoms with E-state index in [9.17, 15) is 9.18 Å². The lowest BCUT2D eigenvalue weighted by atomic mass is 10.0. The summed E-state index contributed by atoms with van der Waals surface area (Å²) < 4.78 is 25.5. The van der Waals surface area contributed by atoms with Crippen molar-refractivity contribution in [1.29, 1.82) is 0 Å². The van der Waals surface area contributed by atoms with Gasteiger partial charge in [-0.1, -0.05) is 24.2 Å². The molecule has 4 fully saturated rings. The molecule has 2 bridgehead atoms. The predicted molar refractivity (Wildman–Crippen MR) is 174 cm³/mol. The van der Waals surface area contributed by atoms with E-state index in [2.05, 4.69) is 37.0 Å². The van der Waals surface area contributed by atoms with Crippen LogP contribution in [0.4, 0.5) is 33.1 Å². The summed E-state index contributed by atoms with van der Waals surface area (Å²) in [6.45, 7) is 7.70. The second-order valence-electron chi connectivity index (χ2n) is 12.0. The van der Waals surface area contributed by atoms with Crippen LogP contribution < -0.4 is 25.3 Å². The third-order valence-corrected chi connectivity index (χ3v) is 9.64. The van der Waals surface area contributed by atoms with Crippen molar-refractivity contribution >= 4 is 46.2 Å². The normalized spacial score (nSPS) is 23.2. The number of hydrogen-bond donors (Lipinski definition) is 2. The van der Waals surface area contributed by atoms with E-state index in [4.69, 9.17) is 25.9 Å². The predicted octanol–water partition coefficient (Wildman–Crippen LogP) is 5.47. The third kappa shape index (κ3) is 6.09. The quantitative estimate of drug-likeness (QED) is 0.290. The minimum absolute atomic E-state index is 0.0576. The van der Waals surface area contributed by atoms with Gasteiger partial charge in [-0.15, -0.1) is 0 Å². The number of ether oxygens (including phenoxy) is 2. The highest BCUT2D eigenvalue weighted by Gasteiger charge is 2.42. The van der Waals surface area contributed by atoms with Crippen LogP contribution in [0.3, 0.4) is 0 Å². The van der Waals surface area contributed by atoms with Crippen LogP contribution in [-0.2, 0) is 14.4 Å². The minimum atomic E-state index is -0.471. The number of nitrogens with one attached hydrogen (secondary N) is 2. The lowest BCUT2D eigenvalue weighted by molar-refractivity contribution is -0.111. The zero-order valence-corrected chi connectivity index (χ0v) is 26.4. The van der Waals surface area contributed by atoms with Gasteiger partial charge in [-0.3, -0.25) is 14.5 Å². The summed E-state index contributed by atoms with van der Waals surface area (Å²) in [6.07, 6.45) is 6.99. The fourth-order valence-corrected chi connectivity index (χ4v) is 7.28. The summed E-state index contributed by atoms with van der Waals surface area (Å²) in [7, 11) is 1.62. The lowest BCUT2D eigenvalue weighted by Crippen LogP contribution is -2.49. The number of anilines is 5. The number of benzene rings is 2. The van der Waals surface area contributed by atoms with Crippen LogP contribution in [0.5, 0.6) is 5.75 Å². The minimum Gasteiger partial charge on any atom is -0.494 e. The number of piperidine rings is 1. The molecule has 13 heteroatoms. The number of fused-ring (bicyclic) bond motifs is 2. The standard InChI is InChI=1S/C33H37ClFN7O4/c1-3-33(43)39-26-14-27(30(44-2)15-29(26)40-9-6-21(7-10-40)41-17-23-13-22(41)18-45-23)38-31-16-32(37-19-36-31)42-28(8-11-46-42)20-4-5-25(35)24(34)12-20/h3-5,12,14-16,19,21-23,28H,1,6-11,13,17-18H2,2H3,(H,39,43)(H,36,37,38)/t22-,23-,28-/m1/s1. The monoisotopic (exact) mass is 649 g/mol. The Kier molecular flexibility index (Phi) is 8.69. The van der Waals surface area contributed by atoms with Crippen molar-refractivity contribution in [1.82, 2.24) is 14.9 Å². The number of carbonyl (C=O) groups is 1. The second-order valence-corrected chi connectivity index (χ2v) is 12.5. The van der Waals surface area contributed by atoms with E-state index < -0.39 is 5.82 Å². The van der Waals surface area contributed by atoms with E-state index in [0.717, 1.165) is 56.8 Å². The number of morpholine rings is 1. The Balaban J connectivity index is 1.12. The highest BCUT2D eigenvalue weighted by Crippen LogP contribution is 2.41. The first-order chi connectivity index (χ1) is 22.4. The molecule has 11 nitrogen and oxygen atoms in total. The molecule has 3 aromatic rings. The zero-order valence-electron chi connectivity index (χ0n) is 25.6. The van der Waals surface area contributed by atoms with Crippen molar-refractivity contribution in [2.75, 3.05) is 60.6 Å². The highest BCUT2D eigenvalue weighted by atomic mass is 35.5. The lowest BCUT2D eigenvalue weighted by Gasteiger charge is -2.41. The molecule has 2 N–H and O–H groups in total. The van der Waals surface area contributed by atoms with Gasteiger partial charge in [0.15, 0.2) is 5.82 Å². The Morgan fingerprint density at radius 2 is 1.98 bits per heavy atom. The maximum atomic E-state index is 13.8. The van der Waals surface area contributed by atoms with Crippen molar-refractivity contribution in [2.24, 2.45) is 0 Å². The SMILES string of the molecule is C=CC(=O)Nc1cc(Nc2cc(N3OCC[C@@H]3c3ccc(F)c(Cl)c3)ncn2)c(OC)cc1N1CCC(N2C[C@H]3C[C@@H]2CO3)CC1. The first-order valence-electron chi connectivity index (χ1n) is 15.6. The number of hydroxylamine groups is 1. The van der Waals surface area contributed by atoms with E-state index in [1.807, 2.05) is 12.1 Å². The molecule has 2 aromatic carbocycles. The molecule has 0 aliphatic carbocycles. The Morgan fingerprint density at radius 1 is 1.13 bits per heavy atom. The molecule has 3 atom stereocenters. The van der Waals surface area contributed by atoms with Gasteiger partial charge in [0, 0.05) is 50.3 Å². The van der Waals surface area contributed by atoms with Gasteiger partial charge in [0.25, 0.3) is 0 Å². The van der Waals surface area contributed by atoms with Crippen molar-refractivity contribution in [3.8, 4) is 5.75 Å². The highest BCUT2D eigenvalue weighted by molar-refractivity contribution is 6.30. The van der Waals surface area contributed by atoms with Crippen LogP contribution in [0.2, 0.25) is 5.02 Å². The molecule has 0 saturated carbocycles. The summed E-state index contributed by atoms with van der Waals surface area (Å²) >= 11 is 6.07. The van der Waals surface area contributed by atoms with E-state index in [1.54, 1.807) is 30.4 Å². The summed E-state index contributed by atoms with van der Waals surface area (Å²) in [5.74, 6) is 0.841. The molecule has 1 aromatic heterocycles. The number of amides is 1. The first-order valence-corrected chi connectivity index (χ1v) is 16.0. The van der Waals surface area contributed by atoms with Crippen molar-refractivity contribution in [3.05, 3.63) is 71.8 Å². The molecule has 7 rings (SSSR count). The maximum Gasteiger partial charge on any atom is 0.247 e. The molecule has 5 heterocycles. The molecular formula is C33H37ClFN7O4. The van der Waals surface area contributed by atoms with Crippen LogP contribution >= 0.6 is 11.6 Å². The fraction of sp³-hybridized carbons (Fsp3) is 0.424. The topological polar surface area (TPSA) is 104 Å². The smallest absolute Gasteiger partial charge is 0.247 e. The Hall–Kier alpha value is -3.97. The van der Waals surface area contributed by atoms with Crippen LogP contribution in [0.25, 0.3) is 0 Å². The van der Waals surface area contributed by atoms with Crippen molar-refractivity contribution in [3.63, 3.8) is 0 Å². The molecule has 1 amide bonds.